The van der Waals surface area contributed by atoms with Crippen LogP contribution in [0.3, 0.4) is 0 Å². The molecule has 3 aromatic rings. The van der Waals surface area contributed by atoms with Gasteiger partial charge in [0.2, 0.25) is 0 Å². The van der Waals surface area contributed by atoms with E-state index in [2.05, 4.69) is 31.1 Å². The summed E-state index contributed by atoms with van der Waals surface area (Å²) in [4.78, 5) is 11.8. The number of sulfonamides is 1. The summed E-state index contributed by atoms with van der Waals surface area (Å²) in [6, 6.07) is 8.14. The summed E-state index contributed by atoms with van der Waals surface area (Å²) in [5.74, 6) is -0.534. The number of alkyl halides is 1. The lowest BCUT2D eigenvalue weighted by molar-refractivity contribution is 0.0962. The van der Waals surface area contributed by atoms with Gasteiger partial charge in [-0.05, 0) is 36.2 Å². The van der Waals surface area contributed by atoms with Crippen LogP contribution < -0.4 is 19.5 Å². The summed E-state index contributed by atoms with van der Waals surface area (Å²) in [7, 11) is -0.315. The molecule has 1 saturated carbocycles. The number of benzene rings is 2. The Hall–Kier alpha value is -3.12. The van der Waals surface area contributed by atoms with Crippen molar-refractivity contribution in [3.8, 4) is 22.8 Å². The highest BCUT2D eigenvalue weighted by Crippen LogP contribution is 2.63. The van der Waals surface area contributed by atoms with Crippen LogP contribution >= 0.6 is 15.9 Å². The summed E-state index contributed by atoms with van der Waals surface area (Å²) in [6.45, 7) is 1.84. The molecule has 1 aromatic heterocycles. The predicted octanol–water partition coefficient (Wildman–Crippen LogP) is 4.06. The fourth-order valence-corrected chi connectivity index (χ4v) is 6.78. The molecule has 1 amide bonds. The highest BCUT2D eigenvalue weighted by Gasteiger charge is 2.66. The molecule has 3 atom stereocenters. The molecular weight excluding hydrogens is 557 g/mol. The van der Waals surface area contributed by atoms with Crippen molar-refractivity contribution in [2.45, 2.75) is 29.8 Å². The summed E-state index contributed by atoms with van der Waals surface area (Å²) in [5, 5.41) is 6.48. The maximum Gasteiger partial charge on any atom is 0.270 e. The molecule has 9 nitrogen and oxygen atoms in total. The van der Waals surface area contributed by atoms with Crippen molar-refractivity contribution < 1.29 is 31.6 Å². The number of carbonyl (C=O) groups is 1. The SMILES string of the molecule is CNC(=O)c1cc(OC)c(S(=O)(=O)Nc2noc3c2C[C@@]2(c4ccc(Br)cc4-3)[C@@H](C)[C@@H]2F)c(OC)c1. The lowest BCUT2D eigenvalue weighted by Gasteiger charge is -2.25. The topological polar surface area (TPSA) is 120 Å². The average molecular weight is 580 g/mol. The number of amides is 1. The normalized spacial score (nSPS) is 21.9. The second-order valence-corrected chi connectivity index (χ2v) is 11.4. The van der Waals surface area contributed by atoms with Crippen LogP contribution in [0, 0.1) is 5.92 Å². The highest BCUT2D eigenvalue weighted by atomic mass is 79.9. The van der Waals surface area contributed by atoms with E-state index < -0.39 is 27.5 Å². The van der Waals surface area contributed by atoms with Gasteiger partial charge in [-0.25, -0.2) is 12.8 Å². The van der Waals surface area contributed by atoms with Gasteiger partial charge in [-0.1, -0.05) is 34.1 Å². The second-order valence-electron chi connectivity index (χ2n) is 8.83. The Morgan fingerprint density at radius 2 is 1.86 bits per heavy atom. The van der Waals surface area contributed by atoms with E-state index in [1.165, 1.54) is 33.4 Å². The van der Waals surface area contributed by atoms with Crippen molar-refractivity contribution in [2.75, 3.05) is 26.0 Å². The van der Waals surface area contributed by atoms with Crippen LogP contribution in [0.15, 0.2) is 44.2 Å². The zero-order chi connectivity index (χ0) is 26.0. The molecule has 0 bridgehead atoms. The summed E-state index contributed by atoms with van der Waals surface area (Å²) in [6.07, 6.45) is -0.854. The Kier molecular flexibility index (Phi) is 5.79. The molecule has 1 heterocycles. The molecule has 0 unspecified atom stereocenters. The summed E-state index contributed by atoms with van der Waals surface area (Å²) >= 11 is 3.45. The maximum absolute atomic E-state index is 15.0. The Morgan fingerprint density at radius 1 is 1.22 bits per heavy atom. The van der Waals surface area contributed by atoms with Crippen molar-refractivity contribution >= 4 is 37.7 Å². The number of fused-ring (bicyclic) bond motifs is 4. The molecule has 36 heavy (non-hydrogen) atoms. The van der Waals surface area contributed by atoms with Crippen molar-refractivity contribution in [3.05, 3.63) is 51.5 Å². The number of rotatable bonds is 6. The van der Waals surface area contributed by atoms with Gasteiger partial charge < -0.3 is 19.3 Å². The van der Waals surface area contributed by atoms with E-state index >= 15 is 4.39 Å². The van der Waals surface area contributed by atoms with Gasteiger partial charge in [-0.2, -0.15) is 0 Å². The molecular formula is C24H23BrFN3O6S. The molecule has 1 spiro atoms. The van der Waals surface area contributed by atoms with Crippen LogP contribution in [0.25, 0.3) is 11.3 Å². The fraction of sp³-hybridized carbons (Fsp3) is 0.333. The zero-order valence-electron chi connectivity index (χ0n) is 19.8. The van der Waals surface area contributed by atoms with Gasteiger partial charge in [-0.3, -0.25) is 9.52 Å². The van der Waals surface area contributed by atoms with Crippen molar-refractivity contribution in [3.63, 3.8) is 0 Å². The number of hydrogen-bond acceptors (Lipinski definition) is 7. The van der Waals surface area contributed by atoms with E-state index in [0.29, 0.717) is 16.9 Å². The molecule has 2 aromatic carbocycles. The number of nitrogens with zero attached hydrogens (tertiary/aromatic N) is 1. The lowest BCUT2D eigenvalue weighted by atomic mass is 9.78. The Morgan fingerprint density at radius 3 is 2.42 bits per heavy atom. The minimum Gasteiger partial charge on any atom is -0.495 e. The highest BCUT2D eigenvalue weighted by molar-refractivity contribution is 9.10. The minimum atomic E-state index is -4.34. The van der Waals surface area contributed by atoms with E-state index in [1.54, 1.807) is 0 Å². The van der Waals surface area contributed by atoms with Gasteiger partial charge >= 0.3 is 0 Å². The maximum atomic E-state index is 15.0. The van der Waals surface area contributed by atoms with Gasteiger partial charge in [0.15, 0.2) is 16.5 Å². The monoisotopic (exact) mass is 579 g/mol. The first-order valence-electron chi connectivity index (χ1n) is 11.0. The molecule has 12 heteroatoms. The van der Waals surface area contributed by atoms with Crippen LogP contribution in [0.4, 0.5) is 10.2 Å². The third-order valence-corrected chi connectivity index (χ3v) is 8.96. The first kappa shape index (κ1) is 24.6. The third-order valence-electron chi connectivity index (χ3n) is 7.07. The Bertz CT molecular complexity index is 1470. The Labute approximate surface area is 215 Å². The molecule has 1 fully saturated rings. The zero-order valence-corrected chi connectivity index (χ0v) is 22.2. The first-order chi connectivity index (χ1) is 17.1. The molecule has 2 N–H and O–H groups in total. The smallest absolute Gasteiger partial charge is 0.270 e. The molecule has 190 valence electrons. The number of ether oxygens (including phenoxy) is 2. The van der Waals surface area contributed by atoms with Crippen LogP contribution in [-0.4, -0.2) is 46.9 Å². The standard InChI is InChI=1S/C24H23BrFN3O6S/c1-11-21(26)24(11)10-15-19(14-9-13(25)5-6-16(14)24)35-28-22(15)29-36(31,32)20-17(33-3)7-12(23(30)27-2)8-18(20)34-4/h5-9,11,21H,10H2,1-4H3,(H,27,30)(H,28,29)/t11-,21-,24-/m0/s1. The number of nitrogens with one attached hydrogen (secondary N) is 2. The van der Waals surface area contributed by atoms with Crippen LogP contribution in [-0.2, 0) is 21.9 Å². The molecule has 2 aliphatic rings. The summed E-state index contributed by atoms with van der Waals surface area (Å²) in [5.41, 5.74) is 1.33. The van der Waals surface area contributed by atoms with Crippen LogP contribution in [0.2, 0.25) is 0 Å². The third kappa shape index (κ3) is 3.49. The number of aromatic nitrogens is 1. The van der Waals surface area contributed by atoms with E-state index in [4.69, 9.17) is 14.0 Å². The van der Waals surface area contributed by atoms with Gasteiger partial charge in [0.25, 0.3) is 15.9 Å². The Balaban J connectivity index is 1.60. The molecule has 0 radical (unpaired) electrons. The number of hydrogen-bond donors (Lipinski definition) is 2. The molecule has 0 saturated heterocycles. The quantitative estimate of drug-likeness (QED) is 0.451. The largest absolute Gasteiger partial charge is 0.495 e. The minimum absolute atomic E-state index is 0.0409. The van der Waals surface area contributed by atoms with Gasteiger partial charge in [-0.15, -0.1) is 0 Å². The van der Waals surface area contributed by atoms with Crippen LogP contribution in [0.1, 0.15) is 28.4 Å². The molecule has 2 aliphatic carbocycles. The van der Waals surface area contributed by atoms with E-state index in [9.17, 15) is 13.2 Å². The molecule has 0 aliphatic heterocycles. The fourth-order valence-electron chi connectivity index (χ4n) is 5.09. The van der Waals surface area contributed by atoms with Gasteiger partial charge in [0.05, 0.1) is 14.2 Å². The van der Waals surface area contributed by atoms with Crippen molar-refractivity contribution in [2.24, 2.45) is 5.92 Å². The van der Waals surface area contributed by atoms with E-state index in [-0.39, 0.29) is 40.1 Å². The van der Waals surface area contributed by atoms with E-state index in [1.807, 2.05) is 25.1 Å². The number of methoxy groups -OCH3 is 2. The van der Waals surface area contributed by atoms with Crippen molar-refractivity contribution in [1.29, 1.82) is 0 Å². The average Bonchev–Trinajstić information content (AvgIpc) is 3.16. The van der Waals surface area contributed by atoms with Gasteiger partial charge in [0, 0.05) is 39.5 Å². The number of anilines is 1. The van der Waals surface area contributed by atoms with Crippen molar-refractivity contribution in [1.82, 2.24) is 10.5 Å². The molecule has 5 rings (SSSR count). The first-order valence-corrected chi connectivity index (χ1v) is 13.3. The predicted molar refractivity (Wildman–Crippen MR) is 133 cm³/mol. The number of halogens is 2. The number of carbonyl (C=O) groups excluding carboxylic acids is 1. The second kappa shape index (κ2) is 8.48. The van der Waals surface area contributed by atoms with E-state index in [0.717, 1.165) is 10.0 Å². The lowest BCUT2D eigenvalue weighted by Crippen LogP contribution is -2.23. The van der Waals surface area contributed by atoms with Gasteiger partial charge in [0.1, 0.15) is 17.7 Å². The summed E-state index contributed by atoms with van der Waals surface area (Å²) < 4.78 is 61.6. The van der Waals surface area contributed by atoms with Crippen LogP contribution in [0.5, 0.6) is 11.5 Å².